The van der Waals surface area contributed by atoms with Gasteiger partial charge >= 0.3 is 6.03 Å². The van der Waals surface area contributed by atoms with Crippen LogP contribution in [0.3, 0.4) is 0 Å². The summed E-state index contributed by atoms with van der Waals surface area (Å²) in [6.45, 7) is 1.56. The minimum atomic E-state index is -3.33. The number of rotatable bonds is 6. The highest BCUT2D eigenvalue weighted by molar-refractivity contribution is 7.92. The number of urea groups is 1. The number of hydrogen-bond acceptors (Lipinski definition) is 5. The number of sulfonamides is 1. The van der Waals surface area contributed by atoms with Crippen LogP contribution in [-0.4, -0.2) is 57.3 Å². The molecule has 190 valence electrons. The van der Waals surface area contributed by atoms with Crippen LogP contribution in [0.25, 0.3) is 22.0 Å². The minimum Gasteiger partial charge on any atom is -0.333 e. The van der Waals surface area contributed by atoms with E-state index in [1.807, 2.05) is 35.4 Å². The molecule has 0 spiro atoms. The lowest BCUT2D eigenvalue weighted by atomic mass is 9.84. The van der Waals surface area contributed by atoms with Crippen LogP contribution in [0.15, 0.2) is 48.7 Å². The number of carbonyl (C=O) groups excluding carboxylic acids is 1. The third-order valence-electron chi connectivity index (χ3n) is 7.13. The number of amides is 2. The van der Waals surface area contributed by atoms with Gasteiger partial charge in [0.15, 0.2) is 0 Å². The Bertz CT molecular complexity index is 1380. The summed E-state index contributed by atoms with van der Waals surface area (Å²) >= 11 is 0. The molecule has 8 nitrogen and oxygen atoms in total. The molecule has 1 saturated carbocycles. The van der Waals surface area contributed by atoms with E-state index in [1.165, 1.54) is 0 Å². The average molecular weight is 508 g/mol. The maximum atomic E-state index is 13.2. The summed E-state index contributed by atoms with van der Waals surface area (Å²) < 4.78 is 25.6. The van der Waals surface area contributed by atoms with Crippen LogP contribution < -0.4 is 14.9 Å². The Labute approximate surface area is 212 Å². The maximum Gasteiger partial charge on any atom is 0.322 e. The molecule has 1 aliphatic heterocycles. The lowest BCUT2D eigenvalue weighted by Crippen LogP contribution is -2.51. The molecule has 1 aliphatic carbocycles. The van der Waals surface area contributed by atoms with Crippen molar-refractivity contribution < 1.29 is 13.2 Å². The van der Waals surface area contributed by atoms with Gasteiger partial charge in [0.2, 0.25) is 10.0 Å². The summed E-state index contributed by atoms with van der Waals surface area (Å²) in [4.78, 5) is 22.1. The molecule has 2 N–H and O–H groups in total. The summed E-state index contributed by atoms with van der Waals surface area (Å²) in [6, 6.07) is 13.5. The van der Waals surface area contributed by atoms with E-state index in [-0.39, 0.29) is 12.1 Å². The summed E-state index contributed by atoms with van der Waals surface area (Å²) in [5.74, 6) is 0.671. The topological polar surface area (TPSA) is 94.6 Å². The summed E-state index contributed by atoms with van der Waals surface area (Å²) in [5, 5.41) is 4.01. The molecule has 0 radical (unpaired) electrons. The molecular formula is C27H33N5O3S. The lowest BCUT2D eigenvalue weighted by Gasteiger charge is -2.40. The largest absolute Gasteiger partial charge is 0.333 e. The van der Waals surface area contributed by atoms with Crippen LogP contribution in [0, 0.1) is 5.92 Å². The number of benzene rings is 2. The van der Waals surface area contributed by atoms with Crippen LogP contribution in [-0.2, 0) is 16.6 Å². The second-order valence-electron chi connectivity index (χ2n) is 10.3. The first-order chi connectivity index (χ1) is 17.2. The lowest BCUT2D eigenvalue weighted by molar-refractivity contribution is 0.226. The average Bonchev–Trinajstić information content (AvgIpc) is 2.83. The van der Waals surface area contributed by atoms with E-state index in [0.29, 0.717) is 18.2 Å². The Hall–Kier alpha value is -3.17. The van der Waals surface area contributed by atoms with Gasteiger partial charge in [0, 0.05) is 42.0 Å². The molecule has 2 amide bonds. The fourth-order valence-corrected chi connectivity index (χ4v) is 6.13. The molecule has 0 saturated heterocycles. The van der Waals surface area contributed by atoms with Crippen molar-refractivity contribution in [3.8, 4) is 11.1 Å². The summed E-state index contributed by atoms with van der Waals surface area (Å²) in [7, 11) is 0.906. The van der Waals surface area contributed by atoms with Crippen LogP contribution in [0.2, 0.25) is 0 Å². The predicted octanol–water partition coefficient (Wildman–Crippen LogP) is 4.42. The molecule has 36 heavy (non-hydrogen) atoms. The number of pyridine rings is 1. The number of anilines is 2. The van der Waals surface area contributed by atoms with Gasteiger partial charge in [0.1, 0.15) is 0 Å². The van der Waals surface area contributed by atoms with Gasteiger partial charge in [0.05, 0.1) is 17.5 Å². The number of nitrogens with zero attached hydrogens (tertiary/aromatic N) is 3. The second-order valence-corrected chi connectivity index (χ2v) is 12.0. The Morgan fingerprint density at radius 2 is 1.75 bits per heavy atom. The van der Waals surface area contributed by atoms with Crippen molar-refractivity contribution in [1.82, 2.24) is 15.2 Å². The van der Waals surface area contributed by atoms with E-state index in [0.717, 1.165) is 71.8 Å². The molecule has 2 aliphatic rings. The molecule has 0 bridgehead atoms. The zero-order chi connectivity index (χ0) is 25.4. The molecule has 3 aromatic rings. The van der Waals surface area contributed by atoms with Crippen molar-refractivity contribution in [3.05, 3.63) is 54.2 Å². The van der Waals surface area contributed by atoms with Gasteiger partial charge < -0.3 is 10.2 Å². The Kier molecular flexibility index (Phi) is 6.61. The van der Waals surface area contributed by atoms with Crippen LogP contribution >= 0.6 is 0 Å². The highest BCUT2D eigenvalue weighted by Gasteiger charge is 2.35. The first-order valence-corrected chi connectivity index (χ1v) is 14.3. The first kappa shape index (κ1) is 24.5. The standard InChI is InChI=1S/C27H33N5O3S/c1-31(2)17-18-4-11-23(12-5-18)32-26-21(16-29-27(32)33)15-28-25-13-8-20(14-24(25)26)19-6-9-22(10-7-19)30-36(3,34)35/h6-10,13-15,18,23,30H,4-5,11-12,16-17H2,1-3H3,(H,29,33). The number of nitrogens with one attached hydrogen (secondary N) is 2. The molecular weight excluding hydrogens is 474 g/mol. The molecule has 1 fully saturated rings. The van der Waals surface area contributed by atoms with E-state index in [4.69, 9.17) is 0 Å². The molecule has 9 heteroatoms. The van der Waals surface area contributed by atoms with Gasteiger partial charge in [-0.3, -0.25) is 14.6 Å². The fraction of sp³-hybridized carbons (Fsp3) is 0.407. The second kappa shape index (κ2) is 9.71. The Morgan fingerprint density at radius 3 is 2.42 bits per heavy atom. The van der Waals surface area contributed by atoms with Gasteiger partial charge in [-0.05, 0) is 81.1 Å². The molecule has 0 atom stereocenters. The quantitative estimate of drug-likeness (QED) is 0.515. The number of aromatic nitrogens is 1. The zero-order valence-corrected chi connectivity index (χ0v) is 21.8. The number of fused-ring (bicyclic) bond motifs is 3. The minimum absolute atomic E-state index is 0.0346. The molecule has 0 unspecified atom stereocenters. The fourth-order valence-electron chi connectivity index (χ4n) is 5.57. The summed E-state index contributed by atoms with van der Waals surface area (Å²) in [5.41, 5.74) is 5.33. The van der Waals surface area contributed by atoms with Gasteiger partial charge in [-0.15, -0.1) is 0 Å². The molecule has 1 aromatic heterocycles. The van der Waals surface area contributed by atoms with Crippen LogP contribution in [0.1, 0.15) is 31.2 Å². The van der Waals surface area contributed by atoms with Crippen molar-refractivity contribution in [2.75, 3.05) is 36.5 Å². The highest BCUT2D eigenvalue weighted by Crippen LogP contribution is 2.39. The van der Waals surface area contributed by atoms with E-state index < -0.39 is 10.0 Å². The van der Waals surface area contributed by atoms with Crippen molar-refractivity contribution in [2.24, 2.45) is 5.92 Å². The number of hydrogen-bond donors (Lipinski definition) is 2. The van der Waals surface area contributed by atoms with Crippen molar-refractivity contribution in [2.45, 2.75) is 38.3 Å². The van der Waals surface area contributed by atoms with E-state index >= 15 is 0 Å². The normalized spacial score (nSPS) is 20.3. The first-order valence-electron chi connectivity index (χ1n) is 12.4. The smallest absolute Gasteiger partial charge is 0.322 e. The molecule has 5 rings (SSSR count). The molecule has 2 aromatic carbocycles. The van der Waals surface area contributed by atoms with E-state index in [2.05, 4.69) is 40.1 Å². The van der Waals surface area contributed by atoms with Crippen LogP contribution in [0.4, 0.5) is 16.2 Å². The van der Waals surface area contributed by atoms with Crippen molar-refractivity contribution in [1.29, 1.82) is 0 Å². The highest BCUT2D eigenvalue weighted by atomic mass is 32.2. The SMILES string of the molecule is CN(C)CC1CCC(N2C(=O)NCc3cnc4ccc(-c5ccc(NS(C)(=O)=O)cc5)cc4c32)CC1. The van der Waals surface area contributed by atoms with Crippen molar-refractivity contribution >= 4 is 38.3 Å². The Morgan fingerprint density at radius 1 is 1.06 bits per heavy atom. The summed E-state index contributed by atoms with van der Waals surface area (Å²) in [6.07, 6.45) is 7.23. The van der Waals surface area contributed by atoms with Gasteiger partial charge in [0.25, 0.3) is 0 Å². The maximum absolute atomic E-state index is 13.2. The monoisotopic (exact) mass is 507 g/mol. The third kappa shape index (κ3) is 5.17. The van der Waals surface area contributed by atoms with Gasteiger partial charge in [-0.1, -0.05) is 18.2 Å². The zero-order valence-electron chi connectivity index (χ0n) is 21.0. The molecule has 2 heterocycles. The van der Waals surface area contributed by atoms with Gasteiger partial charge in [-0.2, -0.15) is 0 Å². The third-order valence-corrected chi connectivity index (χ3v) is 7.74. The van der Waals surface area contributed by atoms with E-state index in [9.17, 15) is 13.2 Å². The number of carbonyl (C=O) groups is 1. The van der Waals surface area contributed by atoms with E-state index in [1.54, 1.807) is 12.1 Å². The Balaban J connectivity index is 1.49. The van der Waals surface area contributed by atoms with Gasteiger partial charge in [-0.25, -0.2) is 13.2 Å². The predicted molar refractivity (Wildman–Crippen MR) is 145 cm³/mol. The van der Waals surface area contributed by atoms with Crippen LogP contribution in [0.5, 0.6) is 0 Å². The van der Waals surface area contributed by atoms with Crippen molar-refractivity contribution in [3.63, 3.8) is 0 Å².